The number of carbonyl (C=O) groups is 3. The Labute approximate surface area is 117 Å². The molecule has 0 aromatic carbocycles. The normalized spacial score (nSPS) is 19.6. The van der Waals surface area contributed by atoms with E-state index in [1.165, 1.54) is 26.4 Å². The SMILES string of the molecule is COC(=O)/C=C/C[C@@H](NC(=O)[C@@H]1CCOC1)C(=O)OC. The Morgan fingerprint density at radius 2 is 2.10 bits per heavy atom. The molecule has 0 saturated carbocycles. The van der Waals surface area contributed by atoms with E-state index in [1.54, 1.807) is 0 Å². The molecule has 1 saturated heterocycles. The summed E-state index contributed by atoms with van der Waals surface area (Å²) >= 11 is 0. The van der Waals surface area contributed by atoms with Crippen LogP contribution in [-0.2, 0) is 28.6 Å². The lowest BCUT2D eigenvalue weighted by atomic mass is 10.1. The highest BCUT2D eigenvalue weighted by Gasteiger charge is 2.28. The third-order valence-corrected chi connectivity index (χ3v) is 2.93. The van der Waals surface area contributed by atoms with Gasteiger partial charge in [0, 0.05) is 12.7 Å². The van der Waals surface area contributed by atoms with Gasteiger partial charge in [0.1, 0.15) is 6.04 Å². The highest BCUT2D eigenvalue weighted by atomic mass is 16.5. The van der Waals surface area contributed by atoms with Crippen LogP contribution in [0.25, 0.3) is 0 Å². The van der Waals surface area contributed by atoms with Crippen molar-refractivity contribution < 1.29 is 28.6 Å². The van der Waals surface area contributed by atoms with Crippen molar-refractivity contribution in [3.8, 4) is 0 Å². The zero-order valence-electron chi connectivity index (χ0n) is 11.6. The van der Waals surface area contributed by atoms with Gasteiger partial charge in [-0.1, -0.05) is 6.08 Å². The molecule has 0 spiro atoms. The first kappa shape index (κ1) is 16.2. The third kappa shape index (κ3) is 5.00. The van der Waals surface area contributed by atoms with Gasteiger partial charge in [-0.15, -0.1) is 0 Å². The number of amides is 1. The number of nitrogens with one attached hydrogen (secondary N) is 1. The first-order valence-corrected chi connectivity index (χ1v) is 6.29. The molecule has 0 aromatic rings. The lowest BCUT2D eigenvalue weighted by molar-refractivity contribution is -0.145. The van der Waals surface area contributed by atoms with Crippen molar-refractivity contribution in [2.75, 3.05) is 27.4 Å². The molecule has 20 heavy (non-hydrogen) atoms. The van der Waals surface area contributed by atoms with Crippen LogP contribution in [0.1, 0.15) is 12.8 Å². The van der Waals surface area contributed by atoms with Crippen LogP contribution in [0.2, 0.25) is 0 Å². The molecule has 7 heteroatoms. The Balaban J connectivity index is 2.55. The molecule has 1 fully saturated rings. The number of esters is 2. The van der Waals surface area contributed by atoms with E-state index in [-0.39, 0.29) is 18.2 Å². The molecule has 1 aliphatic heterocycles. The van der Waals surface area contributed by atoms with Crippen LogP contribution < -0.4 is 5.32 Å². The van der Waals surface area contributed by atoms with Crippen molar-refractivity contribution in [3.63, 3.8) is 0 Å². The monoisotopic (exact) mass is 285 g/mol. The van der Waals surface area contributed by atoms with Crippen LogP contribution in [-0.4, -0.2) is 51.3 Å². The largest absolute Gasteiger partial charge is 0.467 e. The van der Waals surface area contributed by atoms with Gasteiger partial charge in [-0.25, -0.2) is 9.59 Å². The third-order valence-electron chi connectivity index (χ3n) is 2.93. The standard InChI is InChI=1S/C13H19NO6/c1-18-11(15)5-3-4-10(13(17)19-2)14-12(16)9-6-7-20-8-9/h3,5,9-10H,4,6-8H2,1-2H3,(H,14,16)/b5-3+/t9-,10-/m1/s1. The summed E-state index contributed by atoms with van der Waals surface area (Å²) in [7, 11) is 2.50. The van der Waals surface area contributed by atoms with Crippen molar-refractivity contribution in [2.45, 2.75) is 18.9 Å². The van der Waals surface area contributed by atoms with Gasteiger partial charge in [-0.2, -0.15) is 0 Å². The minimum atomic E-state index is -0.825. The van der Waals surface area contributed by atoms with Crippen molar-refractivity contribution in [1.82, 2.24) is 5.32 Å². The highest BCUT2D eigenvalue weighted by molar-refractivity contribution is 5.86. The van der Waals surface area contributed by atoms with Crippen LogP contribution in [0.15, 0.2) is 12.2 Å². The summed E-state index contributed by atoms with van der Waals surface area (Å²) in [6.45, 7) is 0.904. The van der Waals surface area contributed by atoms with Gasteiger partial charge in [0.25, 0.3) is 0 Å². The summed E-state index contributed by atoms with van der Waals surface area (Å²) in [5.74, 6) is -1.58. The topological polar surface area (TPSA) is 90.9 Å². The van der Waals surface area contributed by atoms with Gasteiger partial charge >= 0.3 is 11.9 Å². The molecule has 0 bridgehead atoms. The second kappa shape index (κ2) is 8.31. The van der Waals surface area contributed by atoms with Crippen LogP contribution in [0.3, 0.4) is 0 Å². The Bertz CT molecular complexity index is 386. The molecule has 2 atom stereocenters. The van der Waals surface area contributed by atoms with Crippen LogP contribution >= 0.6 is 0 Å². The summed E-state index contributed by atoms with van der Waals surface area (Å²) in [5.41, 5.74) is 0. The number of carbonyl (C=O) groups excluding carboxylic acids is 3. The summed E-state index contributed by atoms with van der Waals surface area (Å²) in [6, 6.07) is -0.825. The van der Waals surface area contributed by atoms with Crippen LogP contribution in [0.5, 0.6) is 0 Å². The Morgan fingerprint density at radius 1 is 1.35 bits per heavy atom. The predicted molar refractivity (Wildman–Crippen MR) is 68.6 cm³/mol. The smallest absolute Gasteiger partial charge is 0.330 e. The Kier molecular flexibility index (Phi) is 6.72. The van der Waals surface area contributed by atoms with Gasteiger partial charge in [0.15, 0.2) is 0 Å². The second-order valence-corrected chi connectivity index (χ2v) is 4.31. The summed E-state index contributed by atoms with van der Waals surface area (Å²) in [4.78, 5) is 34.4. The lowest BCUT2D eigenvalue weighted by Crippen LogP contribution is -2.44. The number of methoxy groups -OCH3 is 2. The van der Waals surface area contributed by atoms with Crippen molar-refractivity contribution in [3.05, 3.63) is 12.2 Å². The fourth-order valence-electron chi connectivity index (χ4n) is 1.76. The van der Waals surface area contributed by atoms with E-state index in [1.807, 2.05) is 0 Å². The molecular weight excluding hydrogens is 266 g/mol. The predicted octanol–water partition coefficient (Wildman–Crippen LogP) is -0.200. The maximum atomic E-state index is 11.9. The molecule has 0 unspecified atom stereocenters. The summed E-state index contributed by atoms with van der Waals surface area (Å²) in [5, 5.41) is 2.60. The van der Waals surface area contributed by atoms with Gasteiger partial charge < -0.3 is 19.5 Å². The molecule has 1 rings (SSSR count). The van der Waals surface area contributed by atoms with E-state index in [2.05, 4.69) is 14.8 Å². The van der Waals surface area contributed by atoms with E-state index in [0.29, 0.717) is 19.6 Å². The van der Waals surface area contributed by atoms with Crippen LogP contribution in [0, 0.1) is 5.92 Å². The van der Waals surface area contributed by atoms with Gasteiger partial charge in [0.05, 0.1) is 26.7 Å². The molecule has 112 valence electrons. The average molecular weight is 285 g/mol. The molecule has 1 amide bonds. The molecule has 0 radical (unpaired) electrons. The fraction of sp³-hybridized carbons (Fsp3) is 0.615. The zero-order valence-corrected chi connectivity index (χ0v) is 11.6. The highest BCUT2D eigenvalue weighted by Crippen LogP contribution is 2.13. The number of hydrogen-bond donors (Lipinski definition) is 1. The quantitative estimate of drug-likeness (QED) is 0.537. The molecule has 1 heterocycles. The van der Waals surface area contributed by atoms with E-state index >= 15 is 0 Å². The summed E-state index contributed by atoms with van der Waals surface area (Å²) in [6.07, 6.45) is 3.44. The van der Waals surface area contributed by atoms with Gasteiger partial charge in [-0.05, 0) is 12.8 Å². The summed E-state index contributed by atoms with van der Waals surface area (Å²) < 4.78 is 14.2. The first-order valence-electron chi connectivity index (χ1n) is 6.29. The van der Waals surface area contributed by atoms with Crippen LogP contribution in [0.4, 0.5) is 0 Å². The van der Waals surface area contributed by atoms with Crippen molar-refractivity contribution >= 4 is 17.8 Å². The number of ether oxygens (including phenoxy) is 3. The van der Waals surface area contributed by atoms with Gasteiger partial charge in [-0.3, -0.25) is 4.79 Å². The molecular formula is C13H19NO6. The number of rotatable bonds is 6. The lowest BCUT2D eigenvalue weighted by Gasteiger charge is -2.17. The molecule has 7 nitrogen and oxygen atoms in total. The molecule has 0 aromatic heterocycles. The van der Waals surface area contributed by atoms with E-state index < -0.39 is 18.0 Å². The average Bonchev–Trinajstić information content (AvgIpc) is 2.99. The van der Waals surface area contributed by atoms with E-state index in [4.69, 9.17) is 4.74 Å². The van der Waals surface area contributed by atoms with Crippen molar-refractivity contribution in [2.24, 2.45) is 5.92 Å². The van der Waals surface area contributed by atoms with E-state index in [9.17, 15) is 14.4 Å². The molecule has 0 aliphatic carbocycles. The van der Waals surface area contributed by atoms with Crippen molar-refractivity contribution in [1.29, 1.82) is 0 Å². The maximum absolute atomic E-state index is 11.9. The first-order chi connectivity index (χ1) is 9.58. The molecule has 1 aliphatic rings. The minimum absolute atomic E-state index is 0.154. The fourth-order valence-corrected chi connectivity index (χ4v) is 1.76. The number of hydrogen-bond acceptors (Lipinski definition) is 6. The zero-order chi connectivity index (χ0) is 15.0. The second-order valence-electron chi connectivity index (χ2n) is 4.31. The minimum Gasteiger partial charge on any atom is -0.467 e. The Hall–Kier alpha value is -1.89. The Morgan fingerprint density at radius 3 is 2.65 bits per heavy atom. The maximum Gasteiger partial charge on any atom is 0.330 e. The molecule has 1 N–H and O–H groups in total. The van der Waals surface area contributed by atoms with Gasteiger partial charge in [0.2, 0.25) is 5.91 Å². The van der Waals surface area contributed by atoms with E-state index in [0.717, 1.165) is 0 Å².